The highest BCUT2D eigenvalue weighted by atomic mass is 16.6. The molecule has 138 valence electrons. The molecule has 2 aliphatic heterocycles. The molecule has 0 aliphatic carbocycles. The van der Waals surface area contributed by atoms with Crippen molar-refractivity contribution in [2.45, 2.75) is 45.3 Å². The van der Waals surface area contributed by atoms with Gasteiger partial charge in [-0.2, -0.15) is 0 Å². The van der Waals surface area contributed by atoms with Crippen LogP contribution in [0, 0.1) is 0 Å². The van der Waals surface area contributed by atoms with Crippen LogP contribution >= 0.6 is 0 Å². The maximum atomic E-state index is 12.5. The minimum atomic E-state index is 0.00179. The third kappa shape index (κ3) is 4.57. The first-order valence-electron chi connectivity index (χ1n) is 9.21. The predicted octanol–water partition coefficient (Wildman–Crippen LogP) is 3.12. The number of hydrogen-bond acceptors (Lipinski definition) is 4. The van der Waals surface area contributed by atoms with Crippen LogP contribution in [0.4, 0.5) is 4.79 Å². The van der Waals surface area contributed by atoms with Crippen LogP contribution < -0.4 is 14.8 Å². The van der Waals surface area contributed by atoms with E-state index >= 15 is 0 Å². The van der Waals surface area contributed by atoms with Crippen LogP contribution in [0.2, 0.25) is 0 Å². The van der Waals surface area contributed by atoms with Crippen LogP contribution in [-0.4, -0.2) is 49.9 Å². The molecule has 2 aliphatic rings. The Kier molecular flexibility index (Phi) is 6.02. The molecule has 1 N–H and O–H groups in total. The van der Waals surface area contributed by atoms with Crippen LogP contribution in [0.3, 0.4) is 0 Å². The van der Waals surface area contributed by atoms with Crippen molar-refractivity contribution in [2.75, 3.05) is 32.9 Å². The summed E-state index contributed by atoms with van der Waals surface area (Å²) in [6, 6.07) is 6.10. The van der Waals surface area contributed by atoms with E-state index in [9.17, 15) is 4.79 Å². The van der Waals surface area contributed by atoms with Gasteiger partial charge in [0.2, 0.25) is 0 Å². The SMILES string of the molecule is CC(C)OCCCNC(=O)N1CCCC1c1ccc2c(c1)OCCO2. The summed E-state index contributed by atoms with van der Waals surface area (Å²) in [7, 11) is 0. The number of likely N-dealkylation sites (tertiary alicyclic amines) is 1. The number of fused-ring (bicyclic) bond motifs is 1. The molecule has 6 heteroatoms. The number of nitrogens with one attached hydrogen (secondary N) is 1. The molecule has 0 radical (unpaired) electrons. The molecule has 2 heterocycles. The summed E-state index contributed by atoms with van der Waals surface area (Å²) in [6.07, 6.45) is 3.05. The molecule has 25 heavy (non-hydrogen) atoms. The number of carbonyl (C=O) groups excluding carboxylic acids is 1. The monoisotopic (exact) mass is 348 g/mol. The summed E-state index contributed by atoms with van der Waals surface area (Å²) >= 11 is 0. The van der Waals surface area contributed by atoms with E-state index in [0.29, 0.717) is 26.4 Å². The second-order valence-electron chi connectivity index (χ2n) is 6.76. The fourth-order valence-electron chi connectivity index (χ4n) is 3.31. The first kappa shape index (κ1) is 17.9. The lowest BCUT2D eigenvalue weighted by Crippen LogP contribution is -2.40. The van der Waals surface area contributed by atoms with Crippen LogP contribution in [0.1, 0.15) is 44.7 Å². The first-order valence-corrected chi connectivity index (χ1v) is 9.21. The van der Waals surface area contributed by atoms with Gasteiger partial charge in [-0.1, -0.05) is 6.07 Å². The van der Waals surface area contributed by atoms with Crippen LogP contribution in [0.5, 0.6) is 11.5 Å². The lowest BCUT2D eigenvalue weighted by Gasteiger charge is -2.27. The zero-order valence-corrected chi connectivity index (χ0v) is 15.1. The summed E-state index contributed by atoms with van der Waals surface area (Å²) in [5, 5.41) is 3.01. The Morgan fingerprint density at radius 1 is 1.32 bits per heavy atom. The van der Waals surface area contributed by atoms with Crippen molar-refractivity contribution in [3.63, 3.8) is 0 Å². The summed E-state index contributed by atoms with van der Waals surface area (Å²) in [5.74, 6) is 1.57. The van der Waals surface area contributed by atoms with E-state index in [1.807, 2.05) is 36.9 Å². The van der Waals surface area contributed by atoms with E-state index in [-0.39, 0.29) is 18.2 Å². The minimum Gasteiger partial charge on any atom is -0.486 e. The van der Waals surface area contributed by atoms with E-state index in [2.05, 4.69) is 5.32 Å². The number of nitrogens with zero attached hydrogens (tertiary/aromatic N) is 1. The predicted molar refractivity (Wildman–Crippen MR) is 95.2 cm³/mol. The van der Waals surface area contributed by atoms with E-state index in [0.717, 1.165) is 42.9 Å². The number of carbonyl (C=O) groups is 1. The Labute approximate surface area is 149 Å². The average Bonchev–Trinajstić information content (AvgIpc) is 3.10. The number of benzene rings is 1. The van der Waals surface area contributed by atoms with Gasteiger partial charge >= 0.3 is 6.03 Å². The highest BCUT2D eigenvalue weighted by molar-refractivity contribution is 5.75. The van der Waals surface area contributed by atoms with Crippen molar-refractivity contribution < 1.29 is 19.0 Å². The number of amides is 2. The molecule has 0 aromatic heterocycles. The van der Waals surface area contributed by atoms with Crippen LogP contribution in [0.15, 0.2) is 18.2 Å². The van der Waals surface area contributed by atoms with Gasteiger partial charge in [0.15, 0.2) is 11.5 Å². The standard InChI is InChI=1S/C19H28N2O4/c1-14(2)23-10-4-8-20-19(22)21-9-3-5-16(21)15-6-7-17-18(13-15)25-12-11-24-17/h6-7,13-14,16H,3-5,8-12H2,1-2H3,(H,20,22). The number of rotatable bonds is 6. The second-order valence-corrected chi connectivity index (χ2v) is 6.76. The van der Waals surface area contributed by atoms with E-state index in [1.54, 1.807) is 0 Å². The van der Waals surface area contributed by atoms with Gasteiger partial charge in [-0.15, -0.1) is 0 Å². The molecular weight excluding hydrogens is 320 g/mol. The van der Waals surface area contributed by atoms with Crippen molar-refractivity contribution in [3.8, 4) is 11.5 Å². The second kappa shape index (κ2) is 8.43. The minimum absolute atomic E-state index is 0.00179. The summed E-state index contributed by atoms with van der Waals surface area (Å²) in [5.41, 5.74) is 1.11. The third-order valence-electron chi connectivity index (χ3n) is 4.51. The zero-order chi connectivity index (χ0) is 17.6. The molecule has 6 nitrogen and oxygen atoms in total. The average molecular weight is 348 g/mol. The lowest BCUT2D eigenvalue weighted by atomic mass is 10.0. The van der Waals surface area contributed by atoms with Gasteiger partial charge in [0.1, 0.15) is 13.2 Å². The molecule has 0 saturated carbocycles. The Hall–Kier alpha value is -1.95. The number of ether oxygens (including phenoxy) is 3. The Bertz CT molecular complexity index is 591. The summed E-state index contributed by atoms with van der Waals surface area (Å²) in [6.45, 7) is 7.28. The van der Waals surface area contributed by atoms with Crippen LogP contribution in [0.25, 0.3) is 0 Å². The van der Waals surface area contributed by atoms with Gasteiger partial charge in [0.05, 0.1) is 12.1 Å². The topological polar surface area (TPSA) is 60.0 Å². The molecule has 2 amide bonds. The number of urea groups is 1. The van der Waals surface area contributed by atoms with Crippen molar-refractivity contribution >= 4 is 6.03 Å². The van der Waals surface area contributed by atoms with E-state index < -0.39 is 0 Å². The van der Waals surface area contributed by atoms with Gasteiger partial charge < -0.3 is 24.4 Å². The Morgan fingerprint density at radius 2 is 2.12 bits per heavy atom. The molecule has 0 bridgehead atoms. The molecule has 1 aromatic carbocycles. The first-order chi connectivity index (χ1) is 12.1. The van der Waals surface area contributed by atoms with E-state index in [4.69, 9.17) is 14.2 Å². The van der Waals surface area contributed by atoms with Gasteiger partial charge in [-0.25, -0.2) is 4.79 Å². The Balaban J connectivity index is 1.56. The largest absolute Gasteiger partial charge is 0.486 e. The molecule has 1 fully saturated rings. The molecule has 1 atom stereocenters. The quantitative estimate of drug-likeness (QED) is 0.803. The van der Waals surface area contributed by atoms with E-state index in [1.165, 1.54) is 0 Å². The smallest absolute Gasteiger partial charge is 0.317 e. The lowest BCUT2D eigenvalue weighted by molar-refractivity contribution is 0.0771. The molecule has 1 saturated heterocycles. The van der Waals surface area contributed by atoms with Crippen molar-refractivity contribution in [1.82, 2.24) is 10.2 Å². The van der Waals surface area contributed by atoms with Gasteiger partial charge in [0.25, 0.3) is 0 Å². The normalized spacial score (nSPS) is 19.3. The molecule has 0 spiro atoms. The van der Waals surface area contributed by atoms with Crippen molar-refractivity contribution in [3.05, 3.63) is 23.8 Å². The fourth-order valence-corrected chi connectivity index (χ4v) is 3.31. The Morgan fingerprint density at radius 3 is 2.92 bits per heavy atom. The molecule has 3 rings (SSSR count). The summed E-state index contributed by atoms with van der Waals surface area (Å²) in [4.78, 5) is 14.5. The fraction of sp³-hybridized carbons (Fsp3) is 0.632. The summed E-state index contributed by atoms with van der Waals surface area (Å²) < 4.78 is 16.8. The maximum absolute atomic E-state index is 12.5. The molecule has 1 aromatic rings. The number of hydrogen-bond donors (Lipinski definition) is 1. The van der Waals surface area contributed by atoms with Gasteiger partial charge in [-0.3, -0.25) is 0 Å². The third-order valence-corrected chi connectivity index (χ3v) is 4.51. The van der Waals surface area contributed by atoms with Crippen molar-refractivity contribution in [1.29, 1.82) is 0 Å². The molecule has 1 unspecified atom stereocenters. The zero-order valence-electron chi connectivity index (χ0n) is 15.1. The van der Waals surface area contributed by atoms with Gasteiger partial charge in [-0.05, 0) is 50.8 Å². The molecular formula is C19H28N2O4. The maximum Gasteiger partial charge on any atom is 0.317 e. The van der Waals surface area contributed by atoms with Crippen molar-refractivity contribution in [2.24, 2.45) is 0 Å². The highest BCUT2D eigenvalue weighted by Crippen LogP contribution is 2.37. The highest BCUT2D eigenvalue weighted by Gasteiger charge is 2.30. The van der Waals surface area contributed by atoms with Crippen LogP contribution in [-0.2, 0) is 4.74 Å². The van der Waals surface area contributed by atoms with Gasteiger partial charge in [0, 0.05) is 19.7 Å².